The molecule has 0 aliphatic carbocycles. The van der Waals surface area contributed by atoms with Gasteiger partial charge in [0.2, 0.25) is 11.1 Å². The van der Waals surface area contributed by atoms with Crippen molar-refractivity contribution in [2.45, 2.75) is 32.0 Å². The molecule has 0 atom stereocenters. The first-order valence-electron chi connectivity index (χ1n) is 8.54. The fourth-order valence-electron chi connectivity index (χ4n) is 2.71. The Hall–Kier alpha value is -2.38. The molecule has 0 spiro atoms. The second-order valence-corrected chi connectivity index (χ2v) is 7.55. The van der Waals surface area contributed by atoms with Gasteiger partial charge in [-0.05, 0) is 47.0 Å². The Morgan fingerprint density at radius 2 is 1.89 bits per heavy atom. The normalized spacial score (nSPS) is 10.8. The molecule has 1 N–H and O–H groups in total. The number of amides is 1. The molecular weight excluding hydrogens is 382 g/mol. The Bertz CT molecular complexity index is 923. The molecule has 0 unspecified atom stereocenters. The van der Waals surface area contributed by atoms with Crippen LogP contribution < -0.4 is 5.32 Å². The summed E-state index contributed by atoms with van der Waals surface area (Å²) < 4.78 is 1.73. The molecule has 2 aromatic carbocycles. The number of hydrogen-bond acceptors (Lipinski definition) is 5. The SMILES string of the molecule is Cc1cccc(C)c1-n1nnnc1SCCC(=O)NCc1ccccc1Cl. The molecular formula is C19H20ClN5OS. The molecule has 1 heterocycles. The lowest BCUT2D eigenvalue weighted by Crippen LogP contribution is -2.23. The van der Waals surface area contributed by atoms with Crippen LogP contribution in [0.15, 0.2) is 47.6 Å². The third-order valence-corrected chi connectivity index (χ3v) is 5.38. The Balaban J connectivity index is 1.55. The average Bonchev–Trinajstić information content (AvgIpc) is 3.09. The topological polar surface area (TPSA) is 72.7 Å². The number of nitrogens with one attached hydrogen (secondary N) is 1. The summed E-state index contributed by atoms with van der Waals surface area (Å²) in [6.45, 7) is 4.48. The number of nitrogens with zero attached hydrogens (tertiary/aromatic N) is 4. The van der Waals surface area contributed by atoms with Crippen molar-refractivity contribution in [3.8, 4) is 5.69 Å². The number of aromatic nitrogens is 4. The van der Waals surface area contributed by atoms with E-state index in [1.54, 1.807) is 4.68 Å². The number of carbonyl (C=O) groups is 1. The maximum absolute atomic E-state index is 12.1. The highest BCUT2D eigenvalue weighted by molar-refractivity contribution is 7.99. The van der Waals surface area contributed by atoms with E-state index >= 15 is 0 Å². The fraction of sp³-hybridized carbons (Fsp3) is 0.263. The molecule has 0 aliphatic heterocycles. The van der Waals surface area contributed by atoms with E-state index in [-0.39, 0.29) is 5.91 Å². The van der Waals surface area contributed by atoms with Gasteiger partial charge >= 0.3 is 0 Å². The first kappa shape index (κ1) is 19.4. The van der Waals surface area contributed by atoms with Gasteiger partial charge in [-0.15, -0.1) is 5.10 Å². The van der Waals surface area contributed by atoms with Crippen LogP contribution in [0.1, 0.15) is 23.1 Å². The summed E-state index contributed by atoms with van der Waals surface area (Å²) in [5, 5.41) is 16.2. The van der Waals surface area contributed by atoms with Gasteiger partial charge in [0.15, 0.2) is 0 Å². The Morgan fingerprint density at radius 3 is 2.63 bits per heavy atom. The lowest BCUT2D eigenvalue weighted by molar-refractivity contribution is -0.120. The predicted molar refractivity (Wildman–Crippen MR) is 107 cm³/mol. The zero-order valence-corrected chi connectivity index (χ0v) is 16.7. The highest BCUT2D eigenvalue weighted by Gasteiger charge is 2.14. The van der Waals surface area contributed by atoms with Gasteiger partial charge in [-0.2, -0.15) is 4.68 Å². The number of thioether (sulfide) groups is 1. The second kappa shape index (κ2) is 9.01. The molecule has 0 saturated heterocycles. The monoisotopic (exact) mass is 401 g/mol. The van der Waals surface area contributed by atoms with Crippen LogP contribution in [0, 0.1) is 13.8 Å². The van der Waals surface area contributed by atoms with Crippen LogP contribution in [-0.2, 0) is 11.3 Å². The zero-order chi connectivity index (χ0) is 19.2. The Kier molecular flexibility index (Phi) is 6.47. The van der Waals surface area contributed by atoms with Crippen molar-refractivity contribution in [3.05, 3.63) is 64.2 Å². The number of aryl methyl sites for hydroxylation is 2. The Labute approximate surface area is 167 Å². The minimum absolute atomic E-state index is 0.0338. The number of halogens is 1. The van der Waals surface area contributed by atoms with Gasteiger partial charge in [0.05, 0.1) is 5.69 Å². The van der Waals surface area contributed by atoms with Crippen molar-refractivity contribution in [3.63, 3.8) is 0 Å². The van der Waals surface area contributed by atoms with Crippen molar-refractivity contribution in [1.29, 1.82) is 0 Å². The molecule has 8 heteroatoms. The van der Waals surface area contributed by atoms with Gasteiger partial charge in [0, 0.05) is 23.7 Å². The van der Waals surface area contributed by atoms with Crippen LogP contribution in [0.5, 0.6) is 0 Å². The molecule has 0 bridgehead atoms. The van der Waals surface area contributed by atoms with Crippen molar-refractivity contribution in [1.82, 2.24) is 25.5 Å². The van der Waals surface area contributed by atoms with Gasteiger partial charge in [-0.1, -0.05) is 59.8 Å². The summed E-state index contributed by atoms with van der Waals surface area (Å²) in [7, 11) is 0. The number of carbonyl (C=O) groups excluding carboxylic acids is 1. The van der Waals surface area contributed by atoms with Crippen LogP contribution in [0.2, 0.25) is 5.02 Å². The van der Waals surface area contributed by atoms with Gasteiger partial charge in [-0.3, -0.25) is 4.79 Å². The van der Waals surface area contributed by atoms with E-state index in [0.717, 1.165) is 22.4 Å². The summed E-state index contributed by atoms with van der Waals surface area (Å²) >= 11 is 7.56. The maximum Gasteiger partial charge on any atom is 0.221 e. The fourth-order valence-corrected chi connectivity index (χ4v) is 3.72. The van der Waals surface area contributed by atoms with Crippen LogP contribution >= 0.6 is 23.4 Å². The van der Waals surface area contributed by atoms with E-state index < -0.39 is 0 Å². The second-order valence-electron chi connectivity index (χ2n) is 6.08. The molecule has 0 fully saturated rings. The number of para-hydroxylation sites is 1. The molecule has 140 valence electrons. The number of tetrazole rings is 1. The minimum Gasteiger partial charge on any atom is -0.352 e. The molecule has 1 aromatic heterocycles. The molecule has 0 radical (unpaired) electrons. The highest BCUT2D eigenvalue weighted by atomic mass is 35.5. The maximum atomic E-state index is 12.1. The Morgan fingerprint density at radius 1 is 1.15 bits per heavy atom. The van der Waals surface area contributed by atoms with E-state index in [1.807, 2.05) is 56.3 Å². The van der Waals surface area contributed by atoms with Crippen molar-refractivity contribution >= 4 is 29.3 Å². The molecule has 3 rings (SSSR count). The largest absolute Gasteiger partial charge is 0.352 e. The summed E-state index contributed by atoms with van der Waals surface area (Å²) in [6, 6.07) is 13.5. The van der Waals surface area contributed by atoms with Crippen molar-refractivity contribution in [2.75, 3.05) is 5.75 Å². The molecule has 3 aromatic rings. The minimum atomic E-state index is -0.0338. The zero-order valence-electron chi connectivity index (χ0n) is 15.1. The van der Waals surface area contributed by atoms with Crippen LogP contribution in [0.3, 0.4) is 0 Å². The molecule has 0 aliphatic rings. The van der Waals surface area contributed by atoms with E-state index in [0.29, 0.717) is 28.9 Å². The quantitative estimate of drug-likeness (QED) is 0.610. The van der Waals surface area contributed by atoms with Crippen LogP contribution in [0.4, 0.5) is 0 Å². The van der Waals surface area contributed by atoms with Crippen LogP contribution in [0.25, 0.3) is 5.69 Å². The summed E-state index contributed by atoms with van der Waals surface area (Å²) in [5.74, 6) is 0.549. The van der Waals surface area contributed by atoms with E-state index in [4.69, 9.17) is 11.6 Å². The highest BCUT2D eigenvalue weighted by Crippen LogP contribution is 2.23. The number of benzene rings is 2. The summed E-state index contributed by atoms with van der Waals surface area (Å²) in [5.41, 5.74) is 4.08. The lowest BCUT2D eigenvalue weighted by Gasteiger charge is -2.10. The van der Waals surface area contributed by atoms with E-state index in [2.05, 4.69) is 20.8 Å². The van der Waals surface area contributed by atoms with Gasteiger partial charge < -0.3 is 5.32 Å². The van der Waals surface area contributed by atoms with Gasteiger partial charge in [0.1, 0.15) is 0 Å². The predicted octanol–water partition coefficient (Wildman–Crippen LogP) is 3.73. The van der Waals surface area contributed by atoms with Crippen molar-refractivity contribution < 1.29 is 4.79 Å². The number of hydrogen-bond donors (Lipinski definition) is 1. The third-order valence-electron chi connectivity index (χ3n) is 4.09. The first-order valence-corrected chi connectivity index (χ1v) is 9.90. The van der Waals surface area contributed by atoms with E-state index in [1.165, 1.54) is 11.8 Å². The third kappa shape index (κ3) is 4.87. The first-order chi connectivity index (χ1) is 13.1. The van der Waals surface area contributed by atoms with Crippen molar-refractivity contribution in [2.24, 2.45) is 0 Å². The molecule has 6 nitrogen and oxygen atoms in total. The molecule has 1 amide bonds. The van der Waals surface area contributed by atoms with Gasteiger partial charge in [-0.25, -0.2) is 0 Å². The standard InChI is InChI=1S/C19H20ClN5OS/c1-13-6-5-7-14(2)18(13)25-19(22-23-24-25)27-11-10-17(26)21-12-15-8-3-4-9-16(15)20/h3-9H,10-12H2,1-2H3,(H,21,26). The molecule has 0 saturated carbocycles. The summed E-state index contributed by atoms with van der Waals surface area (Å²) in [4.78, 5) is 12.1. The lowest BCUT2D eigenvalue weighted by atomic mass is 10.1. The van der Waals surface area contributed by atoms with E-state index in [9.17, 15) is 4.79 Å². The van der Waals surface area contributed by atoms with Gasteiger partial charge in [0.25, 0.3) is 0 Å². The average molecular weight is 402 g/mol. The summed E-state index contributed by atoms with van der Waals surface area (Å²) in [6.07, 6.45) is 0.370. The molecule has 27 heavy (non-hydrogen) atoms. The van der Waals surface area contributed by atoms with Crippen LogP contribution in [-0.4, -0.2) is 31.9 Å². The number of rotatable bonds is 7. The smallest absolute Gasteiger partial charge is 0.221 e.